The van der Waals surface area contributed by atoms with Crippen molar-refractivity contribution in [3.8, 4) is 5.75 Å². The third kappa shape index (κ3) is 6.80. The number of ether oxygens (including phenoxy) is 2. The number of esters is 1. The second-order valence-corrected chi connectivity index (χ2v) is 6.53. The van der Waals surface area contributed by atoms with E-state index in [-0.39, 0.29) is 11.5 Å². The fourth-order valence-corrected chi connectivity index (χ4v) is 2.99. The molecule has 6 nitrogen and oxygen atoms in total. The molecule has 0 aliphatic carbocycles. The van der Waals surface area contributed by atoms with E-state index in [9.17, 15) is 14.7 Å². The number of aromatic carboxylic acids is 1. The Labute approximate surface area is 188 Å². The monoisotopic (exact) mass is 433 g/mol. The third-order valence-corrected chi connectivity index (χ3v) is 4.50. The van der Waals surface area contributed by atoms with E-state index >= 15 is 0 Å². The molecule has 0 saturated carbocycles. The van der Waals surface area contributed by atoms with E-state index in [0.29, 0.717) is 18.9 Å². The van der Waals surface area contributed by atoms with Gasteiger partial charge < -0.3 is 19.4 Å². The fourth-order valence-electron chi connectivity index (χ4n) is 2.99. The van der Waals surface area contributed by atoms with E-state index in [2.05, 4.69) is 0 Å². The highest BCUT2D eigenvalue weighted by atomic mass is 16.5. The van der Waals surface area contributed by atoms with E-state index in [1.165, 1.54) is 12.1 Å². The van der Waals surface area contributed by atoms with Crippen LogP contribution in [0.4, 0.5) is 5.69 Å². The van der Waals surface area contributed by atoms with E-state index in [0.717, 1.165) is 17.0 Å². The van der Waals surface area contributed by atoms with Crippen LogP contribution in [0.15, 0.2) is 84.9 Å². The maximum absolute atomic E-state index is 12.5. The summed E-state index contributed by atoms with van der Waals surface area (Å²) < 4.78 is 12.4. The number of benzene rings is 3. The van der Waals surface area contributed by atoms with Gasteiger partial charge in [0.15, 0.2) is 0 Å². The molecule has 0 amide bonds. The first kappa shape index (κ1) is 24.3. The second-order valence-electron chi connectivity index (χ2n) is 6.53. The highest BCUT2D eigenvalue weighted by Crippen LogP contribution is 2.19. The molecular weight excluding hydrogens is 406 g/mol. The van der Waals surface area contributed by atoms with Crippen LogP contribution in [-0.4, -0.2) is 42.5 Å². The second kappa shape index (κ2) is 12.7. The van der Waals surface area contributed by atoms with Gasteiger partial charge in [-0.15, -0.1) is 0 Å². The van der Waals surface area contributed by atoms with Crippen LogP contribution < -0.4 is 9.84 Å². The van der Waals surface area contributed by atoms with E-state index in [1.54, 1.807) is 25.3 Å². The Kier molecular flexibility index (Phi) is 9.66. The number of nitrogens with zero attached hydrogens (tertiary/aromatic N) is 1. The summed E-state index contributed by atoms with van der Waals surface area (Å²) in [7, 11) is 1.63. The summed E-state index contributed by atoms with van der Waals surface area (Å²) >= 11 is 0. The van der Waals surface area contributed by atoms with Crippen LogP contribution >= 0.6 is 0 Å². The molecule has 3 aromatic rings. The van der Waals surface area contributed by atoms with E-state index in [4.69, 9.17) is 9.47 Å². The lowest BCUT2D eigenvalue weighted by atomic mass is 10.1. The van der Waals surface area contributed by atoms with Crippen molar-refractivity contribution < 1.29 is 28.7 Å². The topological polar surface area (TPSA) is 78.7 Å². The number of carbonyl (C=O) groups is 2. The molecule has 0 spiro atoms. The third-order valence-electron chi connectivity index (χ3n) is 4.50. The van der Waals surface area contributed by atoms with Gasteiger partial charge in [-0.25, -0.2) is 4.79 Å². The lowest BCUT2D eigenvalue weighted by Crippen LogP contribution is -2.28. The average Bonchev–Trinajstić information content (AvgIpc) is 2.84. The summed E-state index contributed by atoms with van der Waals surface area (Å²) in [5, 5.41) is 10.1. The first-order chi connectivity index (χ1) is 15.5. The molecule has 0 heterocycles. The summed E-state index contributed by atoms with van der Waals surface area (Å²) in [4.78, 5) is 22.6. The SMILES string of the molecule is CCOC(=O)C(c1ccccc1)=[N+](CC)c1ccc(OC)cc1.O=C([O-])c1ccccc1. The van der Waals surface area contributed by atoms with Gasteiger partial charge in [0.2, 0.25) is 5.69 Å². The highest BCUT2D eigenvalue weighted by Gasteiger charge is 2.27. The Morgan fingerprint density at radius 2 is 1.34 bits per heavy atom. The van der Waals surface area contributed by atoms with Gasteiger partial charge in [-0.3, -0.25) is 0 Å². The van der Waals surface area contributed by atoms with Crippen LogP contribution in [0.5, 0.6) is 5.75 Å². The van der Waals surface area contributed by atoms with Crippen LogP contribution in [0.25, 0.3) is 0 Å². The Bertz CT molecular complexity index is 1030. The smallest absolute Gasteiger partial charge is 0.404 e. The van der Waals surface area contributed by atoms with E-state index in [1.807, 2.05) is 73.0 Å². The molecule has 0 radical (unpaired) electrons. The van der Waals surface area contributed by atoms with Gasteiger partial charge in [-0.05, 0) is 43.7 Å². The van der Waals surface area contributed by atoms with Gasteiger partial charge in [-0.1, -0.05) is 48.5 Å². The van der Waals surface area contributed by atoms with Gasteiger partial charge in [0.05, 0.1) is 25.2 Å². The number of hydrogen-bond donors (Lipinski definition) is 0. The van der Waals surface area contributed by atoms with Crippen LogP contribution in [0.1, 0.15) is 29.8 Å². The number of hydrogen-bond acceptors (Lipinski definition) is 5. The summed E-state index contributed by atoms with van der Waals surface area (Å²) in [6, 6.07) is 25.3. The summed E-state index contributed by atoms with van der Waals surface area (Å²) in [6.45, 7) is 4.81. The van der Waals surface area contributed by atoms with Crippen molar-refractivity contribution in [1.29, 1.82) is 0 Å². The summed E-state index contributed by atoms with van der Waals surface area (Å²) in [5.74, 6) is -0.672. The molecule has 0 fully saturated rings. The van der Waals surface area contributed by atoms with Gasteiger partial charge in [0, 0.05) is 12.1 Å². The van der Waals surface area contributed by atoms with Crippen molar-refractivity contribution in [3.05, 3.63) is 96.1 Å². The molecule has 166 valence electrons. The molecule has 0 saturated heterocycles. The highest BCUT2D eigenvalue weighted by molar-refractivity contribution is 6.41. The average molecular weight is 434 g/mol. The van der Waals surface area contributed by atoms with Crippen LogP contribution in [-0.2, 0) is 9.53 Å². The van der Waals surface area contributed by atoms with Gasteiger partial charge in [0.25, 0.3) is 5.71 Å². The zero-order valence-electron chi connectivity index (χ0n) is 18.5. The molecular formula is C26H27NO5. The Morgan fingerprint density at radius 3 is 1.75 bits per heavy atom. The Balaban J connectivity index is 0.000000336. The number of carbonyl (C=O) groups excluding carboxylic acids is 2. The van der Waals surface area contributed by atoms with Crippen molar-refractivity contribution in [3.63, 3.8) is 0 Å². The van der Waals surface area contributed by atoms with Gasteiger partial charge in [-0.2, -0.15) is 4.58 Å². The van der Waals surface area contributed by atoms with Crippen molar-refractivity contribution in [2.75, 3.05) is 20.3 Å². The molecule has 0 atom stereocenters. The molecule has 0 aliphatic rings. The zero-order chi connectivity index (χ0) is 23.3. The standard InChI is InChI=1S/C19H22NO3.C7H6O2/c1-4-20(16-11-13-17(22-3)14-12-16)18(19(21)23-5-2)15-9-7-6-8-10-15;8-7(9)6-4-2-1-3-5-6/h6-14H,4-5H2,1-3H3;1-5H,(H,8,9)/q+1;/p-1. The molecule has 0 aromatic heterocycles. The van der Waals surface area contributed by atoms with E-state index < -0.39 is 5.97 Å². The minimum atomic E-state index is -1.13. The van der Waals surface area contributed by atoms with Crippen molar-refractivity contribution in [1.82, 2.24) is 0 Å². The molecule has 0 N–H and O–H groups in total. The number of carboxylic acids is 1. The molecule has 3 aromatic carbocycles. The first-order valence-electron chi connectivity index (χ1n) is 10.3. The Hall–Kier alpha value is -3.93. The summed E-state index contributed by atoms with van der Waals surface area (Å²) in [5.41, 5.74) is 2.52. The maximum atomic E-state index is 12.5. The maximum Gasteiger partial charge on any atom is 0.404 e. The van der Waals surface area contributed by atoms with Crippen LogP contribution in [0.3, 0.4) is 0 Å². The van der Waals surface area contributed by atoms with Crippen LogP contribution in [0, 0.1) is 0 Å². The minimum absolute atomic E-state index is 0.220. The molecule has 0 bridgehead atoms. The largest absolute Gasteiger partial charge is 0.545 e. The van der Waals surface area contributed by atoms with Crippen molar-refractivity contribution >= 4 is 23.3 Å². The van der Waals surface area contributed by atoms with Crippen molar-refractivity contribution in [2.45, 2.75) is 13.8 Å². The predicted octanol–water partition coefficient (Wildman–Crippen LogP) is 3.46. The lowest BCUT2D eigenvalue weighted by Gasteiger charge is -2.09. The molecule has 3 rings (SSSR count). The summed E-state index contributed by atoms with van der Waals surface area (Å²) in [6.07, 6.45) is 0. The zero-order valence-corrected chi connectivity index (χ0v) is 18.5. The molecule has 0 aliphatic heterocycles. The van der Waals surface area contributed by atoms with Crippen molar-refractivity contribution in [2.24, 2.45) is 0 Å². The van der Waals surface area contributed by atoms with Crippen LogP contribution in [0.2, 0.25) is 0 Å². The molecule has 6 heteroatoms. The van der Waals surface area contributed by atoms with Gasteiger partial charge >= 0.3 is 5.97 Å². The fraction of sp³-hybridized carbons (Fsp3) is 0.192. The first-order valence-corrected chi connectivity index (χ1v) is 10.3. The molecule has 32 heavy (non-hydrogen) atoms. The quantitative estimate of drug-likeness (QED) is 0.324. The normalized spacial score (nSPS) is 10.8. The minimum Gasteiger partial charge on any atom is -0.545 e. The predicted molar refractivity (Wildman–Crippen MR) is 121 cm³/mol. The molecule has 0 unspecified atom stereocenters. The Morgan fingerprint density at radius 1 is 0.812 bits per heavy atom. The number of methoxy groups -OCH3 is 1. The van der Waals surface area contributed by atoms with Gasteiger partial charge in [0.1, 0.15) is 12.3 Å². The number of carboxylic acid groups (broad SMARTS) is 1. The number of rotatable bonds is 7. The lowest BCUT2D eigenvalue weighted by molar-refractivity contribution is -0.435.